The van der Waals surface area contributed by atoms with E-state index in [1.165, 1.54) is 32.4 Å². The number of hydrogen-bond donors (Lipinski definition) is 1. The number of nitrogens with one attached hydrogen (secondary N) is 1. The summed E-state index contributed by atoms with van der Waals surface area (Å²) in [5.74, 6) is 0.859. The van der Waals surface area contributed by atoms with Crippen LogP contribution in [0.25, 0.3) is 0 Å². The molecule has 1 rings (SSSR count). The first-order chi connectivity index (χ1) is 5.79. The second-order valence-electron chi connectivity index (χ2n) is 3.92. The van der Waals surface area contributed by atoms with Crippen LogP contribution in [0.2, 0.25) is 0 Å². The lowest BCUT2D eigenvalue weighted by molar-refractivity contribution is 0.0660. The Morgan fingerprint density at radius 1 is 1.46 bits per heavy atom. The SMILES string of the molecule is CC(C)OCCC1CCCNC1.Cl. The van der Waals surface area contributed by atoms with Gasteiger partial charge in [0.05, 0.1) is 6.10 Å². The van der Waals surface area contributed by atoms with Crippen LogP contribution in [0.1, 0.15) is 33.1 Å². The Balaban J connectivity index is 0.00000144. The van der Waals surface area contributed by atoms with Gasteiger partial charge < -0.3 is 10.1 Å². The molecule has 0 amide bonds. The Bertz CT molecular complexity index is 113. The van der Waals surface area contributed by atoms with E-state index in [0.717, 1.165) is 12.5 Å². The van der Waals surface area contributed by atoms with Gasteiger partial charge in [-0.3, -0.25) is 0 Å². The highest BCUT2D eigenvalue weighted by Crippen LogP contribution is 2.13. The lowest BCUT2D eigenvalue weighted by Crippen LogP contribution is -2.30. The van der Waals surface area contributed by atoms with Crippen molar-refractivity contribution >= 4 is 12.4 Å². The molecule has 0 aromatic carbocycles. The maximum Gasteiger partial charge on any atom is 0.0518 e. The van der Waals surface area contributed by atoms with Gasteiger partial charge in [0.2, 0.25) is 0 Å². The summed E-state index contributed by atoms with van der Waals surface area (Å²) in [6.45, 7) is 7.53. The highest BCUT2D eigenvalue weighted by molar-refractivity contribution is 5.85. The first kappa shape index (κ1) is 13.2. The molecule has 1 atom stereocenters. The first-order valence-corrected chi connectivity index (χ1v) is 5.11. The molecule has 3 heteroatoms. The van der Waals surface area contributed by atoms with Crippen molar-refractivity contribution in [3.63, 3.8) is 0 Å². The summed E-state index contributed by atoms with van der Waals surface area (Å²) in [4.78, 5) is 0. The van der Waals surface area contributed by atoms with Crippen LogP contribution in [0.3, 0.4) is 0 Å². The lowest BCUT2D eigenvalue weighted by atomic mass is 9.97. The van der Waals surface area contributed by atoms with E-state index in [9.17, 15) is 0 Å². The van der Waals surface area contributed by atoms with Crippen molar-refractivity contribution in [2.75, 3.05) is 19.7 Å². The van der Waals surface area contributed by atoms with E-state index in [0.29, 0.717) is 6.10 Å². The zero-order chi connectivity index (χ0) is 8.81. The zero-order valence-electron chi connectivity index (χ0n) is 8.71. The van der Waals surface area contributed by atoms with Crippen LogP contribution in [-0.4, -0.2) is 25.8 Å². The van der Waals surface area contributed by atoms with Crippen molar-refractivity contribution in [3.05, 3.63) is 0 Å². The maximum atomic E-state index is 5.52. The Morgan fingerprint density at radius 2 is 2.23 bits per heavy atom. The molecule has 1 saturated heterocycles. The molecule has 2 nitrogen and oxygen atoms in total. The molecule has 1 heterocycles. The molecule has 1 aliphatic rings. The lowest BCUT2D eigenvalue weighted by Gasteiger charge is -2.22. The summed E-state index contributed by atoms with van der Waals surface area (Å²) in [6, 6.07) is 0. The van der Waals surface area contributed by atoms with Crippen LogP contribution in [0, 0.1) is 5.92 Å². The van der Waals surface area contributed by atoms with Crippen molar-refractivity contribution in [3.8, 4) is 0 Å². The molecule has 0 aliphatic carbocycles. The Labute approximate surface area is 87.8 Å². The summed E-state index contributed by atoms with van der Waals surface area (Å²) >= 11 is 0. The molecular weight excluding hydrogens is 186 g/mol. The number of halogens is 1. The summed E-state index contributed by atoms with van der Waals surface area (Å²) in [5, 5.41) is 3.42. The van der Waals surface area contributed by atoms with Crippen molar-refractivity contribution in [2.24, 2.45) is 5.92 Å². The molecule has 1 unspecified atom stereocenters. The average Bonchev–Trinajstić information content (AvgIpc) is 2.05. The molecule has 0 aromatic heterocycles. The molecule has 0 bridgehead atoms. The fourth-order valence-corrected chi connectivity index (χ4v) is 1.64. The molecule has 0 saturated carbocycles. The Morgan fingerprint density at radius 3 is 2.77 bits per heavy atom. The van der Waals surface area contributed by atoms with E-state index in [1.54, 1.807) is 0 Å². The van der Waals surface area contributed by atoms with E-state index in [-0.39, 0.29) is 12.4 Å². The molecule has 0 spiro atoms. The van der Waals surface area contributed by atoms with Gasteiger partial charge in [-0.25, -0.2) is 0 Å². The molecule has 1 fully saturated rings. The standard InChI is InChI=1S/C10H21NO.ClH/c1-9(2)12-7-5-10-4-3-6-11-8-10;/h9-11H,3-8H2,1-2H3;1H. The highest BCUT2D eigenvalue weighted by Gasteiger charge is 2.12. The van der Waals surface area contributed by atoms with Crippen LogP contribution in [-0.2, 0) is 4.74 Å². The van der Waals surface area contributed by atoms with Crippen LogP contribution < -0.4 is 5.32 Å². The van der Waals surface area contributed by atoms with Gasteiger partial charge in [-0.2, -0.15) is 0 Å². The van der Waals surface area contributed by atoms with Gasteiger partial charge in [0.25, 0.3) is 0 Å². The van der Waals surface area contributed by atoms with Gasteiger partial charge in [0.1, 0.15) is 0 Å². The van der Waals surface area contributed by atoms with Crippen LogP contribution in [0.4, 0.5) is 0 Å². The van der Waals surface area contributed by atoms with Crippen molar-refractivity contribution in [1.29, 1.82) is 0 Å². The Kier molecular flexibility index (Phi) is 7.72. The minimum Gasteiger partial charge on any atom is -0.379 e. The van der Waals surface area contributed by atoms with Crippen LogP contribution in [0.5, 0.6) is 0 Å². The third-order valence-corrected chi connectivity index (χ3v) is 2.38. The minimum absolute atomic E-state index is 0. The smallest absolute Gasteiger partial charge is 0.0518 e. The second kappa shape index (κ2) is 7.60. The molecule has 0 radical (unpaired) electrons. The average molecular weight is 208 g/mol. The van der Waals surface area contributed by atoms with Crippen LogP contribution in [0.15, 0.2) is 0 Å². The quantitative estimate of drug-likeness (QED) is 0.764. The summed E-state index contributed by atoms with van der Waals surface area (Å²) in [6.07, 6.45) is 4.34. The second-order valence-corrected chi connectivity index (χ2v) is 3.92. The summed E-state index contributed by atoms with van der Waals surface area (Å²) < 4.78 is 5.52. The largest absolute Gasteiger partial charge is 0.379 e. The molecule has 13 heavy (non-hydrogen) atoms. The maximum absolute atomic E-state index is 5.52. The topological polar surface area (TPSA) is 21.3 Å². The number of ether oxygens (including phenoxy) is 1. The first-order valence-electron chi connectivity index (χ1n) is 5.11. The number of hydrogen-bond acceptors (Lipinski definition) is 2. The van der Waals surface area contributed by atoms with E-state index in [4.69, 9.17) is 4.74 Å². The van der Waals surface area contributed by atoms with Gasteiger partial charge in [-0.15, -0.1) is 12.4 Å². The predicted octanol–water partition coefficient (Wildman–Crippen LogP) is 2.22. The van der Waals surface area contributed by atoms with Crippen molar-refractivity contribution in [1.82, 2.24) is 5.32 Å². The fraction of sp³-hybridized carbons (Fsp3) is 1.00. The van der Waals surface area contributed by atoms with Gasteiger partial charge >= 0.3 is 0 Å². The molecule has 80 valence electrons. The third kappa shape index (κ3) is 6.30. The number of rotatable bonds is 4. The minimum atomic E-state index is 0. The van der Waals surface area contributed by atoms with Crippen molar-refractivity contribution in [2.45, 2.75) is 39.2 Å². The van der Waals surface area contributed by atoms with E-state index < -0.39 is 0 Å². The van der Waals surface area contributed by atoms with E-state index >= 15 is 0 Å². The summed E-state index contributed by atoms with van der Waals surface area (Å²) in [5.41, 5.74) is 0. The highest BCUT2D eigenvalue weighted by atomic mass is 35.5. The van der Waals surface area contributed by atoms with Gasteiger partial charge in [0.15, 0.2) is 0 Å². The Hall–Kier alpha value is 0.210. The fourth-order valence-electron chi connectivity index (χ4n) is 1.64. The number of piperidine rings is 1. The molecular formula is C10H22ClNO. The monoisotopic (exact) mass is 207 g/mol. The molecule has 0 aromatic rings. The van der Waals surface area contributed by atoms with Gasteiger partial charge in [0, 0.05) is 6.61 Å². The molecule has 1 aliphatic heterocycles. The normalized spacial score (nSPS) is 22.8. The van der Waals surface area contributed by atoms with Gasteiger partial charge in [-0.05, 0) is 52.1 Å². The third-order valence-electron chi connectivity index (χ3n) is 2.38. The molecule has 1 N–H and O–H groups in total. The zero-order valence-corrected chi connectivity index (χ0v) is 9.53. The predicted molar refractivity (Wildman–Crippen MR) is 58.5 cm³/mol. The van der Waals surface area contributed by atoms with Crippen LogP contribution >= 0.6 is 12.4 Å². The van der Waals surface area contributed by atoms with Crippen molar-refractivity contribution < 1.29 is 4.74 Å². The van der Waals surface area contributed by atoms with E-state index in [2.05, 4.69) is 19.2 Å². The van der Waals surface area contributed by atoms with E-state index in [1.807, 2.05) is 0 Å². The van der Waals surface area contributed by atoms with Gasteiger partial charge in [-0.1, -0.05) is 0 Å². The summed E-state index contributed by atoms with van der Waals surface area (Å²) in [7, 11) is 0.